The van der Waals surface area contributed by atoms with Gasteiger partial charge in [0.1, 0.15) is 11.6 Å². The third kappa shape index (κ3) is 1.86. The lowest BCUT2D eigenvalue weighted by molar-refractivity contribution is 0.797. The summed E-state index contributed by atoms with van der Waals surface area (Å²) >= 11 is 5.83. The van der Waals surface area contributed by atoms with E-state index in [1.807, 2.05) is 6.07 Å². The van der Waals surface area contributed by atoms with Crippen molar-refractivity contribution in [1.29, 1.82) is 0 Å². The zero-order valence-electron chi connectivity index (χ0n) is 10.1. The second-order valence-electron chi connectivity index (χ2n) is 4.50. The monoisotopic (exact) mass is 267 g/mol. The van der Waals surface area contributed by atoms with Crippen LogP contribution in [-0.2, 0) is 0 Å². The van der Waals surface area contributed by atoms with E-state index in [-0.39, 0.29) is 5.69 Å². The SMILES string of the molecule is Cc1nc(N(CCCl)C2CC2)cc2n[nH]c(=O)n12. The van der Waals surface area contributed by atoms with Crippen LogP contribution in [-0.4, -0.2) is 38.0 Å². The fraction of sp³-hybridized carbons (Fsp3) is 0.545. The number of aromatic amines is 1. The number of hydrogen-bond acceptors (Lipinski definition) is 4. The first kappa shape index (κ1) is 11.5. The normalized spacial score (nSPS) is 15.2. The molecule has 1 aliphatic rings. The molecule has 0 saturated heterocycles. The molecule has 3 rings (SSSR count). The highest BCUT2D eigenvalue weighted by molar-refractivity contribution is 6.18. The number of aromatic nitrogens is 4. The zero-order chi connectivity index (χ0) is 12.7. The minimum atomic E-state index is -0.253. The van der Waals surface area contributed by atoms with Crippen molar-refractivity contribution in [1.82, 2.24) is 19.6 Å². The van der Waals surface area contributed by atoms with Gasteiger partial charge < -0.3 is 4.90 Å². The maximum Gasteiger partial charge on any atom is 0.349 e. The van der Waals surface area contributed by atoms with E-state index in [9.17, 15) is 4.79 Å². The van der Waals surface area contributed by atoms with Crippen LogP contribution in [0.5, 0.6) is 0 Å². The van der Waals surface area contributed by atoms with E-state index in [0.29, 0.717) is 23.4 Å². The molecule has 1 N–H and O–H groups in total. The lowest BCUT2D eigenvalue weighted by Crippen LogP contribution is -2.29. The molecule has 2 heterocycles. The second kappa shape index (κ2) is 4.28. The van der Waals surface area contributed by atoms with E-state index in [1.54, 1.807) is 6.92 Å². The van der Waals surface area contributed by atoms with E-state index < -0.39 is 0 Å². The summed E-state index contributed by atoms with van der Waals surface area (Å²) in [7, 11) is 0. The van der Waals surface area contributed by atoms with E-state index >= 15 is 0 Å². The molecule has 0 unspecified atom stereocenters. The molecule has 2 aromatic heterocycles. The number of nitrogens with one attached hydrogen (secondary N) is 1. The van der Waals surface area contributed by atoms with Gasteiger partial charge in [-0.3, -0.25) is 0 Å². The van der Waals surface area contributed by atoms with Crippen LogP contribution in [0.25, 0.3) is 5.65 Å². The summed E-state index contributed by atoms with van der Waals surface area (Å²) in [6, 6.07) is 2.36. The molecule has 1 saturated carbocycles. The summed E-state index contributed by atoms with van der Waals surface area (Å²) in [5.74, 6) is 2.05. The van der Waals surface area contributed by atoms with Crippen LogP contribution in [0.2, 0.25) is 0 Å². The number of nitrogens with zero attached hydrogens (tertiary/aromatic N) is 4. The number of hydrogen-bond donors (Lipinski definition) is 1. The van der Waals surface area contributed by atoms with Crippen molar-refractivity contribution in [3.63, 3.8) is 0 Å². The average Bonchev–Trinajstić information content (AvgIpc) is 3.10. The molecular formula is C11H14ClN5O. The molecule has 18 heavy (non-hydrogen) atoms. The third-order valence-corrected chi connectivity index (χ3v) is 3.33. The van der Waals surface area contributed by atoms with Crippen LogP contribution in [0.15, 0.2) is 10.9 Å². The highest BCUT2D eigenvalue weighted by Gasteiger charge is 2.30. The topological polar surface area (TPSA) is 66.3 Å². The predicted molar refractivity (Wildman–Crippen MR) is 69.4 cm³/mol. The largest absolute Gasteiger partial charge is 0.352 e. The van der Waals surface area contributed by atoms with E-state index in [4.69, 9.17) is 11.6 Å². The number of fused-ring (bicyclic) bond motifs is 1. The average molecular weight is 268 g/mol. The van der Waals surface area contributed by atoms with Crippen LogP contribution < -0.4 is 10.6 Å². The van der Waals surface area contributed by atoms with Gasteiger partial charge in [0.25, 0.3) is 0 Å². The molecule has 1 aliphatic carbocycles. The van der Waals surface area contributed by atoms with Crippen molar-refractivity contribution in [2.75, 3.05) is 17.3 Å². The Kier molecular flexibility index (Phi) is 2.74. The molecule has 0 aromatic carbocycles. The molecular weight excluding hydrogens is 254 g/mol. The third-order valence-electron chi connectivity index (χ3n) is 3.16. The summed E-state index contributed by atoms with van der Waals surface area (Å²) in [5.41, 5.74) is 0.347. The van der Waals surface area contributed by atoms with Gasteiger partial charge in [-0.05, 0) is 19.8 Å². The minimum Gasteiger partial charge on any atom is -0.352 e. The van der Waals surface area contributed by atoms with Crippen molar-refractivity contribution in [3.8, 4) is 0 Å². The Labute approximate surface area is 109 Å². The van der Waals surface area contributed by atoms with Crippen LogP contribution >= 0.6 is 11.6 Å². The van der Waals surface area contributed by atoms with Crippen molar-refractivity contribution >= 4 is 23.1 Å². The molecule has 96 valence electrons. The zero-order valence-corrected chi connectivity index (χ0v) is 10.8. The number of anilines is 1. The quantitative estimate of drug-likeness (QED) is 0.837. The van der Waals surface area contributed by atoms with Crippen LogP contribution in [0.4, 0.5) is 5.82 Å². The molecule has 1 fully saturated rings. The summed E-state index contributed by atoms with van der Waals surface area (Å²) in [6.07, 6.45) is 2.35. The lowest BCUT2D eigenvalue weighted by Gasteiger charge is -2.22. The van der Waals surface area contributed by atoms with Gasteiger partial charge in [0.05, 0.1) is 0 Å². The Morgan fingerprint density at radius 1 is 1.61 bits per heavy atom. The molecule has 2 aromatic rings. The molecule has 0 atom stereocenters. The number of alkyl halides is 1. The Balaban J connectivity index is 2.08. The summed E-state index contributed by atoms with van der Waals surface area (Å²) < 4.78 is 1.47. The molecule has 0 spiro atoms. The van der Waals surface area contributed by atoms with Crippen LogP contribution in [0.3, 0.4) is 0 Å². The van der Waals surface area contributed by atoms with Crippen molar-refractivity contribution in [2.45, 2.75) is 25.8 Å². The highest BCUT2D eigenvalue weighted by Crippen LogP contribution is 2.30. The highest BCUT2D eigenvalue weighted by atomic mass is 35.5. The number of halogens is 1. The Bertz CT molecular complexity index is 630. The van der Waals surface area contributed by atoms with Gasteiger partial charge in [0.15, 0.2) is 5.65 Å². The van der Waals surface area contributed by atoms with Crippen LogP contribution in [0, 0.1) is 6.92 Å². The molecule has 6 nitrogen and oxygen atoms in total. The number of aryl methyl sites for hydroxylation is 1. The second-order valence-corrected chi connectivity index (χ2v) is 4.88. The van der Waals surface area contributed by atoms with E-state index in [1.165, 1.54) is 17.2 Å². The molecule has 0 amide bonds. The van der Waals surface area contributed by atoms with E-state index in [0.717, 1.165) is 12.4 Å². The van der Waals surface area contributed by atoms with Gasteiger partial charge in [-0.15, -0.1) is 11.6 Å². The maximum atomic E-state index is 11.5. The Hall–Kier alpha value is -1.56. The number of H-pyrrole nitrogens is 1. The summed E-state index contributed by atoms with van der Waals surface area (Å²) in [5, 5.41) is 6.42. The van der Waals surface area contributed by atoms with Gasteiger partial charge in [-0.25, -0.2) is 19.3 Å². The van der Waals surface area contributed by atoms with Gasteiger partial charge in [-0.2, -0.15) is 5.10 Å². The van der Waals surface area contributed by atoms with E-state index in [2.05, 4.69) is 20.1 Å². The summed E-state index contributed by atoms with van der Waals surface area (Å²) in [4.78, 5) is 18.2. The van der Waals surface area contributed by atoms with Gasteiger partial charge in [0.2, 0.25) is 0 Å². The number of rotatable bonds is 4. The smallest absolute Gasteiger partial charge is 0.349 e. The fourth-order valence-electron chi connectivity index (χ4n) is 2.19. The maximum absolute atomic E-state index is 11.5. The Morgan fingerprint density at radius 3 is 3.06 bits per heavy atom. The standard InChI is InChI=1S/C11H14ClN5O/c1-7-13-9(16(5-4-12)8-2-3-8)6-10-14-15-11(18)17(7)10/h6,8H,2-5H2,1H3,(H,15,18). The first-order valence-corrected chi connectivity index (χ1v) is 6.51. The van der Waals surface area contributed by atoms with Crippen LogP contribution in [0.1, 0.15) is 18.7 Å². The fourth-order valence-corrected chi connectivity index (χ4v) is 2.37. The first-order valence-electron chi connectivity index (χ1n) is 5.98. The molecule has 0 radical (unpaired) electrons. The summed E-state index contributed by atoms with van der Waals surface area (Å²) in [6.45, 7) is 2.57. The van der Waals surface area contributed by atoms with Crippen molar-refractivity contribution in [2.24, 2.45) is 0 Å². The Morgan fingerprint density at radius 2 is 2.39 bits per heavy atom. The van der Waals surface area contributed by atoms with Crippen molar-refractivity contribution in [3.05, 3.63) is 22.4 Å². The molecule has 0 bridgehead atoms. The van der Waals surface area contributed by atoms with Gasteiger partial charge in [-0.1, -0.05) is 0 Å². The van der Waals surface area contributed by atoms with Crippen molar-refractivity contribution < 1.29 is 0 Å². The van der Waals surface area contributed by atoms with Gasteiger partial charge in [0, 0.05) is 24.5 Å². The van der Waals surface area contributed by atoms with Gasteiger partial charge >= 0.3 is 5.69 Å². The first-order chi connectivity index (χ1) is 8.70. The minimum absolute atomic E-state index is 0.253. The predicted octanol–water partition coefficient (Wildman–Crippen LogP) is 0.934. The molecule has 0 aliphatic heterocycles. The molecule has 7 heteroatoms. The lowest BCUT2D eigenvalue weighted by atomic mass is 10.4.